The van der Waals surface area contributed by atoms with E-state index in [0.29, 0.717) is 0 Å². The highest BCUT2D eigenvalue weighted by atomic mass is 35.5. The van der Waals surface area contributed by atoms with Crippen LogP contribution in [0.15, 0.2) is 23.1 Å². The third-order valence-electron chi connectivity index (χ3n) is 1.99. The van der Waals surface area contributed by atoms with Crippen molar-refractivity contribution in [2.75, 3.05) is 0 Å². The van der Waals surface area contributed by atoms with Crippen molar-refractivity contribution >= 4 is 33.0 Å². The molecule has 0 bridgehead atoms. The van der Waals surface area contributed by atoms with E-state index in [1.54, 1.807) is 26.8 Å². The summed E-state index contributed by atoms with van der Waals surface area (Å²) in [6, 6.07) is 4.66. The quantitative estimate of drug-likeness (QED) is 0.779. The highest BCUT2D eigenvalue weighted by molar-refractivity contribution is 7.93. The first-order chi connectivity index (χ1) is 6.68. The Bertz CT molecular complexity index is 452. The topological polar surface area (TPSA) is 34.1 Å². The minimum absolute atomic E-state index is 0.0147. The van der Waals surface area contributed by atoms with Crippen molar-refractivity contribution in [3.05, 3.63) is 28.2 Å². The molecule has 2 nitrogen and oxygen atoms in total. The van der Waals surface area contributed by atoms with Gasteiger partial charge in [-0.15, -0.1) is 0 Å². The average Bonchev–Trinajstić information content (AvgIpc) is 2.00. The minimum Gasteiger partial charge on any atom is -0.223 e. The van der Waals surface area contributed by atoms with Gasteiger partial charge in [0.2, 0.25) is 0 Å². The average molecular weight is 267 g/mol. The normalized spacial score (nSPS) is 12.9. The van der Waals surface area contributed by atoms with E-state index < -0.39 is 14.6 Å². The van der Waals surface area contributed by atoms with Gasteiger partial charge in [-0.3, -0.25) is 0 Å². The van der Waals surface area contributed by atoms with E-state index in [4.69, 9.17) is 23.2 Å². The molecule has 0 fully saturated rings. The maximum atomic E-state index is 12.1. The van der Waals surface area contributed by atoms with Gasteiger partial charge in [-0.05, 0) is 32.9 Å². The fourth-order valence-corrected chi connectivity index (χ4v) is 3.31. The summed E-state index contributed by atoms with van der Waals surface area (Å²) in [5.74, 6) is 0. The zero-order chi connectivity index (χ0) is 11.9. The summed E-state index contributed by atoms with van der Waals surface area (Å²) in [5.41, 5.74) is 0. The molecule has 0 unspecified atom stereocenters. The van der Waals surface area contributed by atoms with Crippen molar-refractivity contribution in [2.45, 2.75) is 30.4 Å². The van der Waals surface area contributed by atoms with Crippen molar-refractivity contribution in [1.82, 2.24) is 0 Å². The molecule has 15 heavy (non-hydrogen) atoms. The van der Waals surface area contributed by atoms with Crippen LogP contribution in [0, 0.1) is 0 Å². The molecule has 0 amide bonds. The maximum Gasteiger partial charge on any atom is 0.186 e. The Morgan fingerprint density at radius 2 is 1.47 bits per heavy atom. The number of rotatable bonds is 1. The van der Waals surface area contributed by atoms with Crippen LogP contribution >= 0.6 is 23.2 Å². The summed E-state index contributed by atoms with van der Waals surface area (Å²) < 4.78 is 23.3. The first kappa shape index (κ1) is 12.8. The molecule has 1 rings (SSSR count). The van der Waals surface area contributed by atoms with E-state index in [0.717, 1.165) is 0 Å². The lowest BCUT2D eigenvalue weighted by Gasteiger charge is -2.20. The van der Waals surface area contributed by atoms with Crippen molar-refractivity contribution in [1.29, 1.82) is 0 Å². The lowest BCUT2D eigenvalue weighted by atomic mass is 10.3. The molecule has 1 aromatic carbocycles. The summed E-state index contributed by atoms with van der Waals surface area (Å²) in [4.78, 5) is 0.0147. The lowest BCUT2D eigenvalue weighted by molar-refractivity contribution is 0.560. The van der Waals surface area contributed by atoms with Crippen LogP contribution in [0.25, 0.3) is 0 Å². The second-order valence-electron chi connectivity index (χ2n) is 4.17. The van der Waals surface area contributed by atoms with Crippen molar-refractivity contribution in [3.63, 3.8) is 0 Å². The molecule has 0 aliphatic rings. The molecular weight excluding hydrogens is 255 g/mol. The van der Waals surface area contributed by atoms with Gasteiger partial charge < -0.3 is 0 Å². The van der Waals surface area contributed by atoms with Gasteiger partial charge in [0.05, 0.1) is 14.8 Å². The first-order valence-electron chi connectivity index (χ1n) is 4.36. The van der Waals surface area contributed by atoms with Crippen LogP contribution in [0.4, 0.5) is 0 Å². The summed E-state index contributed by atoms with van der Waals surface area (Å²) >= 11 is 11.7. The van der Waals surface area contributed by atoms with Gasteiger partial charge in [-0.1, -0.05) is 29.3 Å². The third-order valence-corrected chi connectivity index (χ3v) is 5.44. The summed E-state index contributed by atoms with van der Waals surface area (Å²) in [7, 11) is -3.50. The fraction of sp³-hybridized carbons (Fsp3) is 0.400. The van der Waals surface area contributed by atoms with E-state index in [-0.39, 0.29) is 14.9 Å². The summed E-state index contributed by atoms with van der Waals surface area (Å²) in [6.45, 7) is 4.84. The van der Waals surface area contributed by atoms with Gasteiger partial charge in [0.15, 0.2) is 9.84 Å². The molecule has 0 radical (unpaired) electrons. The number of hydrogen-bond acceptors (Lipinski definition) is 2. The zero-order valence-corrected chi connectivity index (χ0v) is 11.0. The highest BCUT2D eigenvalue weighted by Crippen LogP contribution is 2.35. The van der Waals surface area contributed by atoms with Crippen LogP contribution in [0.3, 0.4) is 0 Å². The zero-order valence-electron chi connectivity index (χ0n) is 8.71. The van der Waals surface area contributed by atoms with E-state index in [2.05, 4.69) is 0 Å². The molecular formula is C10H12Cl2O2S. The molecule has 0 saturated heterocycles. The number of benzene rings is 1. The fourth-order valence-electron chi connectivity index (χ4n) is 1.05. The molecule has 0 atom stereocenters. The maximum absolute atomic E-state index is 12.1. The molecule has 0 spiro atoms. The highest BCUT2D eigenvalue weighted by Gasteiger charge is 2.34. The third kappa shape index (κ3) is 2.30. The van der Waals surface area contributed by atoms with Crippen LogP contribution in [-0.4, -0.2) is 13.2 Å². The Morgan fingerprint density at radius 3 is 1.80 bits per heavy atom. The SMILES string of the molecule is CC(C)(C)S(=O)(=O)c1c(Cl)cccc1Cl. The second-order valence-corrected chi connectivity index (χ2v) is 7.62. The van der Waals surface area contributed by atoms with Gasteiger partial charge >= 0.3 is 0 Å². The van der Waals surface area contributed by atoms with Crippen molar-refractivity contribution in [3.8, 4) is 0 Å². The van der Waals surface area contributed by atoms with E-state index in [1.165, 1.54) is 12.1 Å². The molecule has 0 aliphatic heterocycles. The first-order valence-corrected chi connectivity index (χ1v) is 6.60. The summed E-state index contributed by atoms with van der Waals surface area (Å²) in [6.07, 6.45) is 0. The number of hydrogen-bond donors (Lipinski definition) is 0. The lowest BCUT2D eigenvalue weighted by Crippen LogP contribution is -2.28. The molecule has 1 aromatic rings. The Balaban J connectivity index is 3.55. The van der Waals surface area contributed by atoms with Crippen LogP contribution in [0.1, 0.15) is 20.8 Å². The largest absolute Gasteiger partial charge is 0.223 e. The standard InChI is InChI=1S/C10H12Cl2O2S/c1-10(2,3)15(13,14)9-7(11)5-4-6-8(9)12/h4-6H,1-3H3. The van der Waals surface area contributed by atoms with Gasteiger partial charge in [0, 0.05) is 0 Å². The van der Waals surface area contributed by atoms with Gasteiger partial charge in [0.1, 0.15) is 4.90 Å². The monoisotopic (exact) mass is 266 g/mol. The van der Waals surface area contributed by atoms with Crippen LogP contribution < -0.4 is 0 Å². The number of sulfone groups is 1. The molecule has 5 heteroatoms. The molecule has 0 heterocycles. The van der Waals surface area contributed by atoms with E-state index in [9.17, 15) is 8.42 Å². The van der Waals surface area contributed by atoms with Crippen LogP contribution in [0.2, 0.25) is 10.0 Å². The van der Waals surface area contributed by atoms with Gasteiger partial charge in [-0.2, -0.15) is 0 Å². The Hall–Kier alpha value is -0.250. The minimum atomic E-state index is -3.50. The predicted molar refractivity (Wildman–Crippen MR) is 63.4 cm³/mol. The Kier molecular flexibility index (Phi) is 3.39. The molecule has 0 aromatic heterocycles. The molecule has 0 aliphatic carbocycles. The van der Waals surface area contributed by atoms with Crippen LogP contribution in [0.5, 0.6) is 0 Å². The predicted octanol–water partition coefficient (Wildman–Crippen LogP) is 3.57. The summed E-state index contributed by atoms with van der Waals surface area (Å²) in [5, 5.41) is 0.329. The van der Waals surface area contributed by atoms with E-state index >= 15 is 0 Å². The van der Waals surface area contributed by atoms with Crippen LogP contribution in [-0.2, 0) is 9.84 Å². The second kappa shape index (κ2) is 3.96. The van der Waals surface area contributed by atoms with Gasteiger partial charge in [0.25, 0.3) is 0 Å². The molecule has 0 saturated carbocycles. The Morgan fingerprint density at radius 1 is 1.07 bits per heavy atom. The molecule has 84 valence electrons. The van der Waals surface area contributed by atoms with Crippen molar-refractivity contribution < 1.29 is 8.42 Å². The van der Waals surface area contributed by atoms with E-state index in [1.807, 2.05) is 0 Å². The number of halogens is 2. The smallest absolute Gasteiger partial charge is 0.186 e. The molecule has 0 N–H and O–H groups in total. The van der Waals surface area contributed by atoms with Gasteiger partial charge in [-0.25, -0.2) is 8.42 Å². The Labute approximate surface area is 100 Å². The van der Waals surface area contributed by atoms with Crippen molar-refractivity contribution in [2.24, 2.45) is 0 Å².